The molecule has 0 aliphatic carbocycles. The second-order valence-corrected chi connectivity index (χ2v) is 19.2. The molecule has 0 amide bonds. The average Bonchev–Trinajstić information content (AvgIpc) is 2.84. The number of ether oxygens (including phenoxy) is 1. The molecule has 0 aromatic heterocycles. The Morgan fingerprint density at radius 1 is 0.946 bits per heavy atom. The summed E-state index contributed by atoms with van der Waals surface area (Å²) in [5, 5.41) is 13.2. The molecule has 0 heterocycles. The number of benzene rings is 1. The summed E-state index contributed by atoms with van der Waals surface area (Å²) < 4.78 is 6.03. The normalized spacial score (nSPS) is 15.9. The fourth-order valence-corrected chi connectivity index (χ4v) is 9.87. The maximum Gasteiger partial charge on any atom is 0.319 e. The monoisotopic (exact) mass is 642 g/mol. The first-order chi connectivity index (χ1) is 17.4. The van der Waals surface area contributed by atoms with Crippen LogP contribution in [0.4, 0.5) is 0 Å². The lowest BCUT2D eigenvalue weighted by Gasteiger charge is -2.45. The van der Waals surface area contributed by atoms with Crippen LogP contribution >= 0.6 is 22.6 Å². The summed E-state index contributed by atoms with van der Waals surface area (Å²) in [5.41, 5.74) is -1.69. The van der Waals surface area contributed by atoms with E-state index < -0.39 is 25.2 Å². The summed E-state index contributed by atoms with van der Waals surface area (Å²) in [6.45, 7) is 14.9. The number of hydrogen-bond acceptors (Lipinski definition) is 3. The second kappa shape index (κ2) is 17.1. The largest absolute Gasteiger partial charge is 0.459 e. The molecule has 37 heavy (non-hydrogen) atoms. The lowest BCUT2D eigenvalue weighted by Crippen LogP contribution is -2.63. The Labute approximate surface area is 243 Å². The molecule has 212 valence electrons. The highest BCUT2D eigenvalue weighted by Gasteiger charge is 2.56. The van der Waals surface area contributed by atoms with Crippen molar-refractivity contribution in [2.75, 3.05) is 0 Å². The molecule has 0 spiro atoms. The number of allylic oxidation sites excluding steroid dienone is 1. The van der Waals surface area contributed by atoms with Gasteiger partial charge >= 0.3 is 5.97 Å². The Morgan fingerprint density at radius 2 is 1.49 bits per heavy atom. The Hall–Kier alpha value is -0.663. The van der Waals surface area contributed by atoms with Crippen LogP contribution in [0.5, 0.6) is 0 Å². The van der Waals surface area contributed by atoms with Gasteiger partial charge < -0.3 is 9.84 Å². The van der Waals surface area contributed by atoms with Crippen molar-refractivity contribution in [2.45, 2.75) is 140 Å². The number of aliphatic hydroxyl groups is 1. The Balaban J connectivity index is 3.42. The van der Waals surface area contributed by atoms with Gasteiger partial charge in [-0.05, 0) is 40.0 Å². The number of carbonyl (C=O) groups is 1. The molecule has 1 rings (SSSR count). The van der Waals surface area contributed by atoms with Gasteiger partial charge in [0.05, 0.1) is 14.2 Å². The molecule has 0 aliphatic rings. The molecule has 0 bridgehead atoms. The number of halogens is 1. The highest BCUT2D eigenvalue weighted by Crippen LogP contribution is 2.43. The molecular formula is C32H55IO3Si. The van der Waals surface area contributed by atoms with E-state index in [0.717, 1.165) is 25.7 Å². The van der Waals surface area contributed by atoms with Crippen molar-refractivity contribution < 1.29 is 14.6 Å². The van der Waals surface area contributed by atoms with Crippen molar-refractivity contribution >= 4 is 41.8 Å². The second-order valence-electron chi connectivity index (χ2n) is 12.2. The lowest BCUT2D eigenvalue weighted by molar-refractivity contribution is -0.169. The third kappa shape index (κ3) is 11.2. The molecule has 0 fully saturated rings. The maximum absolute atomic E-state index is 14.2. The lowest BCUT2D eigenvalue weighted by atomic mass is 9.80. The van der Waals surface area contributed by atoms with Crippen molar-refractivity contribution in [3.63, 3.8) is 0 Å². The first-order valence-electron chi connectivity index (χ1n) is 14.7. The maximum atomic E-state index is 14.2. The van der Waals surface area contributed by atoms with E-state index in [9.17, 15) is 9.90 Å². The third-order valence-electron chi connectivity index (χ3n) is 7.32. The van der Waals surface area contributed by atoms with Crippen LogP contribution in [0, 0.1) is 5.41 Å². The van der Waals surface area contributed by atoms with Gasteiger partial charge in [-0.25, -0.2) is 0 Å². The smallest absolute Gasteiger partial charge is 0.319 e. The van der Waals surface area contributed by atoms with Crippen LogP contribution in [0.3, 0.4) is 0 Å². The summed E-state index contributed by atoms with van der Waals surface area (Å²) in [6.07, 6.45) is 16.6. The molecule has 1 aromatic carbocycles. The molecule has 0 unspecified atom stereocenters. The van der Waals surface area contributed by atoms with Crippen molar-refractivity contribution in [2.24, 2.45) is 5.41 Å². The molecule has 1 N–H and O–H groups in total. The summed E-state index contributed by atoms with van der Waals surface area (Å²) in [6, 6.07) is 10.6. The molecule has 0 saturated heterocycles. The Bertz CT molecular complexity index is 787. The Kier molecular flexibility index (Phi) is 15.9. The first kappa shape index (κ1) is 34.4. The van der Waals surface area contributed by atoms with Gasteiger partial charge in [-0.1, -0.05) is 155 Å². The summed E-state index contributed by atoms with van der Waals surface area (Å²) in [7, 11) is -2.19. The SMILES string of the molecule is CCCCCC/C=C/[C@](C(=O)OC(C)(C)C)([C@@H](I)[Si](C)(C)c1ccccc1)[C@@H](O)CCCCCCCC. The zero-order valence-corrected chi connectivity index (χ0v) is 28.0. The van der Waals surface area contributed by atoms with Crippen molar-refractivity contribution in [1.29, 1.82) is 0 Å². The predicted molar refractivity (Wildman–Crippen MR) is 172 cm³/mol. The van der Waals surface area contributed by atoms with Crippen LogP contribution in [0.2, 0.25) is 13.1 Å². The fourth-order valence-electron chi connectivity index (χ4n) is 4.97. The number of hydrogen-bond donors (Lipinski definition) is 1. The average molecular weight is 643 g/mol. The Morgan fingerprint density at radius 3 is 2.05 bits per heavy atom. The van der Waals surface area contributed by atoms with Gasteiger partial charge in [0.25, 0.3) is 0 Å². The van der Waals surface area contributed by atoms with E-state index in [1.807, 2.05) is 26.8 Å². The third-order valence-corrected chi connectivity index (χ3v) is 16.6. The van der Waals surface area contributed by atoms with Crippen LogP contribution in [-0.4, -0.2) is 34.4 Å². The van der Waals surface area contributed by atoms with Gasteiger partial charge in [-0.15, -0.1) is 0 Å². The van der Waals surface area contributed by atoms with Crippen LogP contribution in [0.15, 0.2) is 42.5 Å². The van der Waals surface area contributed by atoms with Gasteiger partial charge in [-0.2, -0.15) is 0 Å². The van der Waals surface area contributed by atoms with E-state index in [4.69, 9.17) is 4.74 Å². The summed E-state index contributed by atoms with van der Waals surface area (Å²) in [5.74, 6) is -0.279. The van der Waals surface area contributed by atoms with Crippen LogP contribution in [0.25, 0.3) is 0 Å². The predicted octanol–water partition coefficient (Wildman–Crippen LogP) is 8.91. The minimum Gasteiger partial charge on any atom is -0.459 e. The fraction of sp³-hybridized carbons (Fsp3) is 0.719. The molecule has 5 heteroatoms. The van der Waals surface area contributed by atoms with E-state index in [1.165, 1.54) is 50.1 Å². The van der Waals surface area contributed by atoms with E-state index in [1.54, 1.807) is 0 Å². The molecule has 3 nitrogen and oxygen atoms in total. The van der Waals surface area contributed by atoms with E-state index >= 15 is 0 Å². The molecule has 0 radical (unpaired) electrons. The quantitative estimate of drug-likeness (QED) is 0.0435. The van der Waals surface area contributed by atoms with Gasteiger partial charge in [0.1, 0.15) is 11.0 Å². The topological polar surface area (TPSA) is 46.5 Å². The van der Waals surface area contributed by atoms with E-state index in [2.05, 4.69) is 85.9 Å². The van der Waals surface area contributed by atoms with E-state index in [0.29, 0.717) is 6.42 Å². The highest BCUT2D eigenvalue weighted by atomic mass is 127. The number of unbranched alkanes of at least 4 members (excludes halogenated alkanes) is 9. The summed E-state index contributed by atoms with van der Waals surface area (Å²) in [4.78, 5) is 14.2. The van der Waals surface area contributed by atoms with Gasteiger partial charge in [0.2, 0.25) is 0 Å². The number of alkyl halides is 1. The molecule has 3 atom stereocenters. The number of rotatable bonds is 18. The number of aliphatic hydroxyl groups excluding tert-OH is 1. The summed E-state index contributed by atoms with van der Waals surface area (Å²) >= 11 is 2.49. The van der Waals surface area contributed by atoms with Crippen LogP contribution in [-0.2, 0) is 9.53 Å². The molecule has 0 aliphatic heterocycles. The van der Waals surface area contributed by atoms with Crippen molar-refractivity contribution in [3.05, 3.63) is 42.5 Å². The number of esters is 1. The van der Waals surface area contributed by atoms with Crippen molar-refractivity contribution in [3.8, 4) is 0 Å². The zero-order valence-electron chi connectivity index (χ0n) is 24.8. The molecular weight excluding hydrogens is 587 g/mol. The minimum atomic E-state index is -2.19. The first-order valence-corrected chi connectivity index (χ1v) is 19.0. The van der Waals surface area contributed by atoms with Gasteiger partial charge in [0.15, 0.2) is 0 Å². The zero-order chi connectivity index (χ0) is 28.0. The minimum absolute atomic E-state index is 0.0724. The molecule has 0 saturated carbocycles. The molecule has 1 aromatic rings. The van der Waals surface area contributed by atoms with Crippen LogP contribution in [0.1, 0.15) is 112 Å². The number of carbonyl (C=O) groups excluding carboxylic acids is 1. The van der Waals surface area contributed by atoms with Crippen molar-refractivity contribution in [1.82, 2.24) is 0 Å². The van der Waals surface area contributed by atoms with Gasteiger partial charge in [0, 0.05) is 3.55 Å². The van der Waals surface area contributed by atoms with Gasteiger partial charge in [-0.3, -0.25) is 4.79 Å². The standard InChI is InChI=1S/C32H55IO3Si/c1-8-10-12-14-16-21-25-28(34)32(30(35)36-31(3,4)5,26-22-17-15-13-11-9-2)29(33)37(6,7)27-23-19-18-20-24-27/h18-20,22-24,26,28-29,34H,8-17,21,25H2,1-7H3/b26-22+/t28-,29-,32+/m0/s1. The van der Waals surface area contributed by atoms with Crippen LogP contribution < -0.4 is 5.19 Å². The van der Waals surface area contributed by atoms with E-state index in [-0.39, 0.29) is 9.52 Å². The highest BCUT2D eigenvalue weighted by molar-refractivity contribution is 14.1.